The summed E-state index contributed by atoms with van der Waals surface area (Å²) in [6, 6.07) is 21.0. The highest BCUT2D eigenvalue weighted by atomic mass is 16.6. The molecule has 0 aromatic heterocycles. The SMILES string of the molecule is COc1ccc(OC(=O)C(C(=O)Oc2ccc(OC)cc2)C(C(=O)OC(C)(C)C)c2ccccc2)cc1. The molecule has 0 spiro atoms. The van der Waals surface area contributed by atoms with Gasteiger partial charge in [-0.25, -0.2) is 0 Å². The van der Waals surface area contributed by atoms with Crippen molar-refractivity contribution in [3.05, 3.63) is 84.4 Å². The van der Waals surface area contributed by atoms with Crippen LogP contribution in [0.25, 0.3) is 0 Å². The van der Waals surface area contributed by atoms with Gasteiger partial charge in [-0.1, -0.05) is 30.3 Å². The molecule has 0 aliphatic rings. The smallest absolute Gasteiger partial charge is 0.326 e. The molecule has 0 aliphatic carbocycles. The highest BCUT2D eigenvalue weighted by Crippen LogP contribution is 2.32. The van der Waals surface area contributed by atoms with Crippen molar-refractivity contribution in [1.82, 2.24) is 0 Å². The number of carbonyl (C=O) groups excluding carboxylic acids is 3. The molecule has 0 heterocycles. The van der Waals surface area contributed by atoms with Gasteiger partial charge in [0.1, 0.15) is 34.5 Å². The zero-order valence-electron chi connectivity index (χ0n) is 21.4. The normalized spacial score (nSPS) is 11.8. The predicted molar refractivity (Wildman–Crippen MR) is 136 cm³/mol. The summed E-state index contributed by atoms with van der Waals surface area (Å²) in [5.41, 5.74) is -0.464. The molecule has 0 radical (unpaired) electrons. The number of benzene rings is 3. The van der Waals surface area contributed by atoms with Gasteiger partial charge in [0, 0.05) is 0 Å². The molecule has 0 aliphatic heterocycles. The van der Waals surface area contributed by atoms with Gasteiger partial charge in [0.15, 0.2) is 5.92 Å². The van der Waals surface area contributed by atoms with E-state index in [1.165, 1.54) is 38.5 Å². The Morgan fingerprint density at radius 1 is 0.595 bits per heavy atom. The minimum atomic E-state index is -1.67. The van der Waals surface area contributed by atoms with Crippen LogP contribution in [-0.4, -0.2) is 37.7 Å². The Bertz CT molecular complexity index is 1130. The van der Waals surface area contributed by atoms with Crippen LogP contribution in [0.4, 0.5) is 0 Å². The first kappa shape index (κ1) is 27.3. The Hall–Kier alpha value is -4.33. The van der Waals surface area contributed by atoms with Crippen molar-refractivity contribution in [2.45, 2.75) is 32.3 Å². The lowest BCUT2D eigenvalue weighted by atomic mass is 9.85. The monoisotopic (exact) mass is 506 g/mol. The zero-order valence-corrected chi connectivity index (χ0v) is 21.4. The third kappa shape index (κ3) is 7.57. The van der Waals surface area contributed by atoms with Gasteiger partial charge in [0.25, 0.3) is 0 Å². The molecule has 3 aromatic rings. The summed E-state index contributed by atoms with van der Waals surface area (Å²) in [6.07, 6.45) is 0. The molecule has 1 unspecified atom stereocenters. The summed E-state index contributed by atoms with van der Waals surface area (Å²) in [5, 5.41) is 0. The summed E-state index contributed by atoms with van der Waals surface area (Å²) in [5.74, 6) is -4.22. The van der Waals surface area contributed by atoms with Crippen molar-refractivity contribution >= 4 is 17.9 Å². The largest absolute Gasteiger partial charge is 0.497 e. The van der Waals surface area contributed by atoms with E-state index in [-0.39, 0.29) is 11.5 Å². The topological polar surface area (TPSA) is 97.4 Å². The lowest BCUT2D eigenvalue weighted by molar-refractivity contribution is -0.166. The van der Waals surface area contributed by atoms with E-state index in [4.69, 9.17) is 23.7 Å². The molecule has 0 bridgehead atoms. The number of ether oxygens (including phenoxy) is 5. The standard InChI is InChI=1S/C29H30O8/c1-29(2,3)37-28(32)24(19-9-7-6-8-10-19)25(26(30)35-22-15-11-20(33-4)12-16-22)27(31)36-23-17-13-21(34-5)14-18-23/h6-18,24-25H,1-5H3. The first-order chi connectivity index (χ1) is 17.6. The molecule has 3 rings (SSSR count). The maximum atomic E-state index is 13.5. The van der Waals surface area contributed by atoms with E-state index in [1.54, 1.807) is 75.4 Å². The lowest BCUT2D eigenvalue weighted by Gasteiger charge is -2.27. The second-order valence-electron chi connectivity index (χ2n) is 9.09. The Labute approximate surface area is 216 Å². The molecular weight excluding hydrogens is 476 g/mol. The number of esters is 3. The fraction of sp³-hybridized carbons (Fsp3) is 0.276. The average molecular weight is 507 g/mol. The van der Waals surface area contributed by atoms with E-state index in [1.807, 2.05) is 0 Å². The van der Waals surface area contributed by atoms with E-state index in [2.05, 4.69) is 0 Å². The van der Waals surface area contributed by atoms with Gasteiger partial charge in [-0.2, -0.15) is 0 Å². The van der Waals surface area contributed by atoms with Gasteiger partial charge in [-0.3, -0.25) is 14.4 Å². The van der Waals surface area contributed by atoms with Gasteiger partial charge in [0.2, 0.25) is 0 Å². The maximum Gasteiger partial charge on any atom is 0.326 e. The van der Waals surface area contributed by atoms with E-state index in [9.17, 15) is 14.4 Å². The average Bonchev–Trinajstić information content (AvgIpc) is 2.87. The molecule has 0 saturated heterocycles. The molecule has 37 heavy (non-hydrogen) atoms. The van der Waals surface area contributed by atoms with Crippen molar-refractivity contribution in [2.24, 2.45) is 5.92 Å². The quantitative estimate of drug-likeness (QED) is 0.228. The third-order valence-electron chi connectivity index (χ3n) is 5.22. The van der Waals surface area contributed by atoms with E-state index >= 15 is 0 Å². The van der Waals surface area contributed by atoms with Crippen molar-refractivity contribution in [2.75, 3.05) is 14.2 Å². The van der Waals surface area contributed by atoms with Gasteiger partial charge < -0.3 is 23.7 Å². The fourth-order valence-electron chi connectivity index (χ4n) is 3.51. The Morgan fingerprint density at radius 3 is 1.38 bits per heavy atom. The van der Waals surface area contributed by atoms with Crippen molar-refractivity contribution < 1.29 is 38.1 Å². The Kier molecular flexibility index (Phi) is 8.90. The van der Waals surface area contributed by atoms with Crippen LogP contribution in [0.1, 0.15) is 32.3 Å². The number of hydrogen-bond acceptors (Lipinski definition) is 8. The lowest BCUT2D eigenvalue weighted by Crippen LogP contribution is -2.41. The van der Waals surface area contributed by atoms with Gasteiger partial charge in [-0.15, -0.1) is 0 Å². The van der Waals surface area contributed by atoms with E-state index in [0.29, 0.717) is 17.1 Å². The van der Waals surface area contributed by atoms with Crippen LogP contribution in [-0.2, 0) is 19.1 Å². The zero-order chi connectivity index (χ0) is 27.0. The van der Waals surface area contributed by atoms with Gasteiger partial charge in [-0.05, 0) is 74.9 Å². The van der Waals surface area contributed by atoms with Crippen LogP contribution in [0, 0.1) is 5.92 Å². The maximum absolute atomic E-state index is 13.5. The van der Waals surface area contributed by atoms with E-state index in [0.717, 1.165) is 0 Å². The van der Waals surface area contributed by atoms with Crippen LogP contribution in [0.2, 0.25) is 0 Å². The van der Waals surface area contributed by atoms with Crippen LogP contribution in [0.15, 0.2) is 78.9 Å². The van der Waals surface area contributed by atoms with Crippen molar-refractivity contribution in [3.8, 4) is 23.0 Å². The molecule has 0 N–H and O–H groups in total. The number of rotatable bonds is 9. The van der Waals surface area contributed by atoms with Gasteiger partial charge >= 0.3 is 17.9 Å². The Balaban J connectivity index is 2.01. The second-order valence-corrected chi connectivity index (χ2v) is 9.09. The minimum absolute atomic E-state index is 0.170. The first-order valence-electron chi connectivity index (χ1n) is 11.6. The fourth-order valence-corrected chi connectivity index (χ4v) is 3.51. The summed E-state index contributed by atoms with van der Waals surface area (Å²) in [7, 11) is 3.02. The molecule has 3 aromatic carbocycles. The van der Waals surface area contributed by atoms with Crippen LogP contribution < -0.4 is 18.9 Å². The highest BCUT2D eigenvalue weighted by Gasteiger charge is 2.45. The molecule has 8 heteroatoms. The predicted octanol–water partition coefficient (Wildman–Crippen LogP) is 4.96. The van der Waals surface area contributed by atoms with Crippen LogP contribution in [0.5, 0.6) is 23.0 Å². The first-order valence-corrected chi connectivity index (χ1v) is 11.6. The molecule has 0 amide bonds. The third-order valence-corrected chi connectivity index (χ3v) is 5.22. The van der Waals surface area contributed by atoms with Crippen LogP contribution >= 0.6 is 0 Å². The van der Waals surface area contributed by atoms with Crippen LogP contribution in [0.3, 0.4) is 0 Å². The minimum Gasteiger partial charge on any atom is -0.497 e. The molecule has 194 valence electrons. The Morgan fingerprint density at radius 2 is 1.00 bits per heavy atom. The van der Waals surface area contributed by atoms with Gasteiger partial charge in [0.05, 0.1) is 14.2 Å². The second kappa shape index (κ2) is 12.1. The molecular formula is C29H30O8. The number of hydrogen-bond donors (Lipinski definition) is 0. The molecule has 8 nitrogen and oxygen atoms in total. The summed E-state index contributed by atoms with van der Waals surface area (Å²) < 4.78 is 26.9. The van der Waals surface area contributed by atoms with E-state index < -0.39 is 35.3 Å². The molecule has 0 fully saturated rings. The highest BCUT2D eigenvalue weighted by molar-refractivity contribution is 6.02. The molecule has 0 saturated carbocycles. The van der Waals surface area contributed by atoms with Crippen molar-refractivity contribution in [1.29, 1.82) is 0 Å². The number of carbonyl (C=O) groups is 3. The summed E-state index contributed by atoms with van der Waals surface area (Å²) in [4.78, 5) is 40.4. The molecule has 1 atom stereocenters. The summed E-state index contributed by atoms with van der Waals surface area (Å²) >= 11 is 0. The number of methoxy groups -OCH3 is 2. The summed E-state index contributed by atoms with van der Waals surface area (Å²) in [6.45, 7) is 5.11. The van der Waals surface area contributed by atoms with Crippen molar-refractivity contribution in [3.63, 3.8) is 0 Å².